The van der Waals surface area contributed by atoms with Gasteiger partial charge in [0.15, 0.2) is 0 Å². The Morgan fingerprint density at radius 1 is 1.00 bits per heavy atom. The lowest BCUT2D eigenvalue weighted by molar-refractivity contribution is -0.115. The van der Waals surface area contributed by atoms with Gasteiger partial charge < -0.3 is 10.4 Å². The summed E-state index contributed by atoms with van der Waals surface area (Å²) in [7, 11) is 0. The molecule has 150 valence electrons. The molecule has 0 saturated heterocycles. The minimum atomic E-state index is -1.07. The fourth-order valence-corrected chi connectivity index (χ4v) is 4.55. The lowest BCUT2D eigenvalue weighted by atomic mass is 10.0. The van der Waals surface area contributed by atoms with Crippen LogP contribution in [0.3, 0.4) is 0 Å². The van der Waals surface area contributed by atoms with E-state index in [0.717, 1.165) is 15.6 Å². The molecular weight excluding hydrogens is 396 g/mol. The third kappa shape index (κ3) is 4.23. The Labute approximate surface area is 178 Å². The van der Waals surface area contributed by atoms with Gasteiger partial charge in [0.25, 0.3) is 0 Å². The molecule has 0 aliphatic heterocycles. The number of fused-ring (bicyclic) bond motifs is 1. The third-order valence-corrected chi connectivity index (χ3v) is 6.07. The second-order valence-electron chi connectivity index (χ2n) is 7.01. The Kier molecular flexibility index (Phi) is 5.59. The largest absolute Gasteiger partial charge is 0.478 e. The second-order valence-corrected chi connectivity index (χ2v) is 8.18. The number of aromatic carboxylic acids is 1. The quantitative estimate of drug-likeness (QED) is 0.460. The second kappa shape index (κ2) is 8.47. The molecule has 0 atom stereocenters. The highest BCUT2D eigenvalue weighted by Crippen LogP contribution is 2.26. The highest BCUT2D eigenvalue weighted by Gasteiger charge is 2.16. The van der Waals surface area contributed by atoms with E-state index in [1.165, 1.54) is 33.7 Å². The molecule has 1 aromatic heterocycles. The highest BCUT2D eigenvalue weighted by molar-refractivity contribution is 7.11. The summed E-state index contributed by atoms with van der Waals surface area (Å²) in [6, 6.07) is 20.9. The molecule has 0 aliphatic carbocycles. The van der Waals surface area contributed by atoms with Crippen LogP contribution >= 0.6 is 11.3 Å². The topological polar surface area (TPSA) is 79.3 Å². The predicted octanol–water partition coefficient (Wildman–Crippen LogP) is 5.07. The molecule has 3 aromatic carbocycles. The van der Waals surface area contributed by atoms with E-state index in [1.807, 2.05) is 25.1 Å². The number of carbonyl (C=O) groups excluding carboxylic acids is 1. The number of carbonyl (C=O) groups is 2. The van der Waals surface area contributed by atoms with Crippen molar-refractivity contribution in [2.75, 3.05) is 5.32 Å². The fourth-order valence-electron chi connectivity index (χ4n) is 3.46. The smallest absolute Gasteiger partial charge is 0.337 e. The molecule has 5 nitrogen and oxygen atoms in total. The van der Waals surface area contributed by atoms with E-state index in [0.29, 0.717) is 12.1 Å². The minimum Gasteiger partial charge on any atom is -0.478 e. The van der Waals surface area contributed by atoms with Crippen LogP contribution in [0.4, 0.5) is 5.69 Å². The van der Waals surface area contributed by atoms with E-state index in [9.17, 15) is 14.7 Å². The number of nitrogens with zero attached hydrogens (tertiary/aromatic N) is 1. The summed E-state index contributed by atoms with van der Waals surface area (Å²) in [5.41, 5.74) is 2.40. The van der Waals surface area contributed by atoms with Crippen molar-refractivity contribution in [3.8, 4) is 0 Å². The van der Waals surface area contributed by atoms with Gasteiger partial charge in [-0.2, -0.15) is 0 Å². The Bertz CT molecular complexity index is 1240. The Morgan fingerprint density at radius 3 is 2.57 bits per heavy atom. The number of hydrogen-bond donors (Lipinski definition) is 2. The average molecular weight is 417 g/mol. The van der Waals surface area contributed by atoms with Gasteiger partial charge in [-0.1, -0.05) is 54.6 Å². The number of rotatable bonds is 6. The van der Waals surface area contributed by atoms with Gasteiger partial charge in [0.05, 0.1) is 28.4 Å². The van der Waals surface area contributed by atoms with Crippen LogP contribution in [0.1, 0.15) is 31.5 Å². The maximum atomic E-state index is 12.5. The van der Waals surface area contributed by atoms with Crippen molar-refractivity contribution in [1.82, 2.24) is 4.98 Å². The normalized spacial score (nSPS) is 10.8. The van der Waals surface area contributed by atoms with Crippen LogP contribution in [-0.2, 0) is 17.6 Å². The van der Waals surface area contributed by atoms with Crippen molar-refractivity contribution in [3.05, 3.63) is 93.4 Å². The summed E-state index contributed by atoms with van der Waals surface area (Å²) in [5.74, 6) is -1.33. The van der Waals surface area contributed by atoms with Gasteiger partial charge in [-0.05, 0) is 35.4 Å². The molecule has 4 aromatic rings. The predicted molar refractivity (Wildman–Crippen MR) is 119 cm³/mol. The molecule has 0 radical (unpaired) electrons. The number of aromatic nitrogens is 1. The molecule has 1 heterocycles. The number of amides is 1. The molecule has 0 spiro atoms. The van der Waals surface area contributed by atoms with Gasteiger partial charge in [-0.25, -0.2) is 9.78 Å². The molecular formula is C24H20N2O3S. The number of benzene rings is 3. The summed E-state index contributed by atoms with van der Waals surface area (Å²) in [5, 5.41) is 15.3. The summed E-state index contributed by atoms with van der Waals surface area (Å²) in [6.07, 6.45) is 0.864. The Morgan fingerprint density at radius 2 is 1.73 bits per heavy atom. The monoisotopic (exact) mass is 416 g/mol. The number of hydrogen-bond acceptors (Lipinski definition) is 4. The van der Waals surface area contributed by atoms with Crippen LogP contribution in [0, 0.1) is 6.92 Å². The van der Waals surface area contributed by atoms with Crippen molar-refractivity contribution < 1.29 is 14.7 Å². The van der Waals surface area contributed by atoms with Crippen molar-refractivity contribution in [3.63, 3.8) is 0 Å². The summed E-state index contributed by atoms with van der Waals surface area (Å²) in [6.45, 7) is 1.90. The van der Waals surface area contributed by atoms with Crippen LogP contribution in [0.25, 0.3) is 10.8 Å². The zero-order chi connectivity index (χ0) is 21.1. The van der Waals surface area contributed by atoms with E-state index in [-0.39, 0.29) is 17.9 Å². The van der Waals surface area contributed by atoms with E-state index in [4.69, 9.17) is 0 Å². The van der Waals surface area contributed by atoms with E-state index < -0.39 is 5.97 Å². The van der Waals surface area contributed by atoms with E-state index >= 15 is 0 Å². The zero-order valence-corrected chi connectivity index (χ0v) is 17.2. The van der Waals surface area contributed by atoms with Gasteiger partial charge in [0, 0.05) is 11.3 Å². The summed E-state index contributed by atoms with van der Waals surface area (Å²) in [4.78, 5) is 29.4. The number of para-hydroxylation sites is 1. The lowest BCUT2D eigenvalue weighted by Gasteiger charge is -2.07. The number of carboxylic acids is 1. The average Bonchev–Trinajstić information content (AvgIpc) is 3.07. The lowest BCUT2D eigenvalue weighted by Crippen LogP contribution is -2.16. The maximum Gasteiger partial charge on any atom is 0.337 e. The minimum absolute atomic E-state index is 0.0727. The number of carboxylic acid groups (broad SMARTS) is 1. The van der Waals surface area contributed by atoms with E-state index in [2.05, 4.69) is 34.6 Å². The molecule has 1 amide bonds. The molecule has 0 fully saturated rings. The number of anilines is 1. The molecule has 0 bridgehead atoms. The van der Waals surface area contributed by atoms with Crippen LogP contribution in [0.2, 0.25) is 0 Å². The first-order valence-electron chi connectivity index (χ1n) is 9.55. The highest BCUT2D eigenvalue weighted by atomic mass is 32.1. The third-order valence-electron chi connectivity index (χ3n) is 4.91. The molecule has 6 heteroatoms. The first-order chi connectivity index (χ1) is 14.5. The van der Waals surface area contributed by atoms with Crippen molar-refractivity contribution in [2.24, 2.45) is 0 Å². The van der Waals surface area contributed by atoms with Gasteiger partial charge in [0.2, 0.25) is 5.91 Å². The molecule has 2 N–H and O–H groups in total. The van der Waals surface area contributed by atoms with Gasteiger partial charge in [-0.15, -0.1) is 11.3 Å². The standard InChI is InChI=1S/C24H20N2O3S/c1-15-21(14-22(27)26-20-12-5-4-11-19(20)24(28)29)30-23(25-15)13-17-9-6-8-16-7-2-3-10-18(16)17/h2-12H,13-14H2,1H3,(H,26,27)(H,28,29). The van der Waals surface area contributed by atoms with Gasteiger partial charge >= 0.3 is 5.97 Å². The first-order valence-corrected chi connectivity index (χ1v) is 10.4. The molecule has 0 aliphatic rings. The van der Waals surface area contributed by atoms with Crippen LogP contribution in [0.5, 0.6) is 0 Å². The molecule has 4 rings (SSSR count). The Hall–Kier alpha value is -3.51. The number of aryl methyl sites for hydroxylation is 1. The molecule has 0 saturated carbocycles. The van der Waals surface area contributed by atoms with Crippen LogP contribution < -0.4 is 5.32 Å². The maximum absolute atomic E-state index is 12.5. The van der Waals surface area contributed by atoms with Gasteiger partial charge in [0.1, 0.15) is 0 Å². The van der Waals surface area contributed by atoms with Gasteiger partial charge in [-0.3, -0.25) is 4.79 Å². The first kappa shape index (κ1) is 19.8. The van der Waals surface area contributed by atoms with E-state index in [1.54, 1.807) is 18.2 Å². The number of thiazole rings is 1. The Balaban J connectivity index is 1.50. The molecule has 30 heavy (non-hydrogen) atoms. The van der Waals surface area contributed by atoms with Crippen molar-refractivity contribution in [2.45, 2.75) is 19.8 Å². The van der Waals surface area contributed by atoms with Crippen molar-refractivity contribution >= 4 is 39.7 Å². The molecule has 0 unspecified atom stereocenters. The zero-order valence-electron chi connectivity index (χ0n) is 16.4. The summed E-state index contributed by atoms with van der Waals surface area (Å²) < 4.78 is 0. The van der Waals surface area contributed by atoms with Crippen LogP contribution in [0.15, 0.2) is 66.7 Å². The summed E-state index contributed by atoms with van der Waals surface area (Å²) >= 11 is 1.52. The van der Waals surface area contributed by atoms with Crippen molar-refractivity contribution in [1.29, 1.82) is 0 Å². The van der Waals surface area contributed by atoms with Crippen LogP contribution in [-0.4, -0.2) is 22.0 Å². The fraction of sp³-hybridized carbons (Fsp3) is 0.125. The number of nitrogens with one attached hydrogen (secondary N) is 1. The SMILES string of the molecule is Cc1nc(Cc2cccc3ccccc23)sc1CC(=O)Nc1ccccc1C(=O)O.